The molecule has 1 atom stereocenters. The zero-order chi connectivity index (χ0) is 15.1. The number of aliphatic hydroxyl groups is 1. The van der Waals surface area contributed by atoms with Gasteiger partial charge in [0.15, 0.2) is 0 Å². The van der Waals surface area contributed by atoms with Gasteiger partial charge < -0.3 is 10.4 Å². The smallest absolute Gasteiger partial charge is 0.0766 e. The molecule has 1 unspecified atom stereocenters. The number of hydrogen-bond donors (Lipinski definition) is 2. The fourth-order valence-electron chi connectivity index (χ4n) is 3.04. The van der Waals surface area contributed by atoms with Crippen molar-refractivity contribution in [2.75, 3.05) is 19.6 Å². The Bertz CT molecular complexity index is 403. The summed E-state index contributed by atoms with van der Waals surface area (Å²) in [4.78, 5) is 2.52. The highest BCUT2D eigenvalue weighted by atomic mass is 16.3. The van der Waals surface area contributed by atoms with E-state index >= 15 is 0 Å². The maximum atomic E-state index is 10.4. The van der Waals surface area contributed by atoms with Gasteiger partial charge in [-0.15, -0.1) is 0 Å². The summed E-state index contributed by atoms with van der Waals surface area (Å²) in [5, 5.41) is 14.0. The van der Waals surface area contributed by atoms with Crippen LogP contribution in [-0.4, -0.2) is 41.3 Å². The summed E-state index contributed by atoms with van der Waals surface area (Å²) < 4.78 is 0. The van der Waals surface area contributed by atoms with Gasteiger partial charge in [-0.1, -0.05) is 44.2 Å². The molecule has 2 rings (SSSR count). The molecule has 0 bridgehead atoms. The van der Waals surface area contributed by atoms with Crippen molar-refractivity contribution in [1.29, 1.82) is 0 Å². The molecule has 1 aliphatic heterocycles. The largest absolute Gasteiger partial charge is 0.389 e. The van der Waals surface area contributed by atoms with E-state index in [1.807, 2.05) is 0 Å². The van der Waals surface area contributed by atoms with E-state index in [4.69, 9.17) is 0 Å². The van der Waals surface area contributed by atoms with Crippen molar-refractivity contribution in [2.24, 2.45) is 0 Å². The lowest BCUT2D eigenvalue weighted by Crippen LogP contribution is -2.50. The summed E-state index contributed by atoms with van der Waals surface area (Å²) in [7, 11) is 0. The Morgan fingerprint density at radius 2 is 1.95 bits per heavy atom. The highest BCUT2D eigenvalue weighted by molar-refractivity contribution is 5.14. The maximum Gasteiger partial charge on any atom is 0.0766 e. The molecule has 0 aromatic heterocycles. The Morgan fingerprint density at radius 1 is 1.24 bits per heavy atom. The van der Waals surface area contributed by atoms with Crippen LogP contribution < -0.4 is 5.32 Å². The van der Waals surface area contributed by atoms with E-state index < -0.39 is 5.60 Å². The number of nitrogens with one attached hydrogen (secondary N) is 1. The van der Waals surface area contributed by atoms with Gasteiger partial charge in [-0.2, -0.15) is 0 Å². The second kappa shape index (κ2) is 7.92. The van der Waals surface area contributed by atoms with Gasteiger partial charge in [0.25, 0.3) is 0 Å². The van der Waals surface area contributed by atoms with Crippen LogP contribution in [0.25, 0.3) is 0 Å². The van der Waals surface area contributed by atoms with Crippen molar-refractivity contribution in [3.05, 3.63) is 35.9 Å². The molecule has 118 valence electrons. The Morgan fingerprint density at radius 3 is 2.62 bits per heavy atom. The summed E-state index contributed by atoms with van der Waals surface area (Å²) >= 11 is 0. The highest BCUT2D eigenvalue weighted by Crippen LogP contribution is 2.17. The third-order valence-electron chi connectivity index (χ3n) is 4.79. The number of rotatable bonds is 7. The number of likely N-dealkylation sites (tertiary alicyclic amines) is 1. The third kappa shape index (κ3) is 5.10. The van der Waals surface area contributed by atoms with E-state index in [-0.39, 0.29) is 0 Å². The topological polar surface area (TPSA) is 35.5 Å². The van der Waals surface area contributed by atoms with Crippen LogP contribution >= 0.6 is 0 Å². The van der Waals surface area contributed by atoms with Crippen molar-refractivity contribution in [1.82, 2.24) is 10.2 Å². The Kier molecular flexibility index (Phi) is 6.22. The maximum absolute atomic E-state index is 10.4. The van der Waals surface area contributed by atoms with Crippen molar-refractivity contribution in [3.8, 4) is 0 Å². The first-order valence-electron chi connectivity index (χ1n) is 8.37. The van der Waals surface area contributed by atoms with E-state index in [1.165, 1.54) is 24.9 Å². The van der Waals surface area contributed by atoms with Gasteiger partial charge >= 0.3 is 0 Å². The number of nitrogens with zero attached hydrogens (tertiary/aromatic N) is 1. The van der Waals surface area contributed by atoms with E-state index in [0.717, 1.165) is 25.9 Å². The Balaban J connectivity index is 1.81. The van der Waals surface area contributed by atoms with Crippen molar-refractivity contribution < 1.29 is 5.11 Å². The zero-order valence-electron chi connectivity index (χ0n) is 13.5. The lowest BCUT2D eigenvalue weighted by Gasteiger charge is -2.35. The molecule has 0 saturated carbocycles. The minimum Gasteiger partial charge on any atom is -0.389 e. The second-order valence-corrected chi connectivity index (χ2v) is 6.37. The van der Waals surface area contributed by atoms with Crippen molar-refractivity contribution in [2.45, 2.75) is 57.7 Å². The van der Waals surface area contributed by atoms with Gasteiger partial charge in [0.1, 0.15) is 0 Å². The monoisotopic (exact) mass is 290 g/mol. The second-order valence-electron chi connectivity index (χ2n) is 6.37. The van der Waals surface area contributed by atoms with Crippen molar-refractivity contribution >= 4 is 0 Å². The van der Waals surface area contributed by atoms with Gasteiger partial charge in [-0.05, 0) is 37.8 Å². The molecule has 0 aliphatic carbocycles. The lowest BCUT2D eigenvalue weighted by atomic mass is 9.96. The first-order valence-corrected chi connectivity index (χ1v) is 8.37. The van der Waals surface area contributed by atoms with Crippen LogP contribution in [-0.2, 0) is 6.54 Å². The van der Waals surface area contributed by atoms with Crippen LogP contribution in [0.5, 0.6) is 0 Å². The molecule has 21 heavy (non-hydrogen) atoms. The fraction of sp³-hybridized carbons (Fsp3) is 0.667. The van der Waals surface area contributed by atoms with E-state index in [1.54, 1.807) is 0 Å². The summed E-state index contributed by atoms with van der Waals surface area (Å²) in [5.74, 6) is 0. The zero-order valence-corrected chi connectivity index (χ0v) is 13.5. The summed E-state index contributed by atoms with van der Waals surface area (Å²) in [6.07, 6.45) is 4.09. The molecular formula is C18H30N2O. The molecule has 1 aromatic carbocycles. The molecule has 1 saturated heterocycles. The number of piperidine rings is 1. The van der Waals surface area contributed by atoms with E-state index in [9.17, 15) is 5.11 Å². The lowest BCUT2D eigenvalue weighted by molar-refractivity contribution is 0.0263. The van der Waals surface area contributed by atoms with Gasteiger partial charge in [0.05, 0.1) is 5.60 Å². The van der Waals surface area contributed by atoms with Crippen LogP contribution in [0.2, 0.25) is 0 Å². The summed E-state index contributed by atoms with van der Waals surface area (Å²) in [6, 6.07) is 11.2. The molecule has 0 amide bonds. The third-order valence-corrected chi connectivity index (χ3v) is 4.79. The summed E-state index contributed by atoms with van der Waals surface area (Å²) in [6.45, 7) is 8.13. The van der Waals surface area contributed by atoms with Crippen LogP contribution in [0.4, 0.5) is 0 Å². The fourth-order valence-corrected chi connectivity index (χ4v) is 3.04. The SMILES string of the molecule is CCC(O)(CC)CNC1CCCN(Cc2ccccc2)C1. The summed E-state index contributed by atoms with van der Waals surface area (Å²) in [5.41, 5.74) is 0.846. The average Bonchev–Trinajstić information content (AvgIpc) is 2.54. The highest BCUT2D eigenvalue weighted by Gasteiger charge is 2.25. The predicted molar refractivity (Wildman–Crippen MR) is 88.3 cm³/mol. The molecule has 1 aliphatic rings. The molecule has 1 fully saturated rings. The molecule has 3 nitrogen and oxygen atoms in total. The van der Waals surface area contributed by atoms with Crippen LogP contribution in [0, 0.1) is 0 Å². The molecule has 2 N–H and O–H groups in total. The molecular weight excluding hydrogens is 260 g/mol. The standard InChI is InChI=1S/C18H30N2O/c1-3-18(21,4-2)15-19-17-11-8-12-20(14-17)13-16-9-6-5-7-10-16/h5-7,9-10,17,19,21H,3-4,8,11-15H2,1-2H3. The minimum atomic E-state index is -0.540. The molecule has 1 aromatic rings. The van der Waals surface area contributed by atoms with Gasteiger partial charge in [0, 0.05) is 25.7 Å². The first-order chi connectivity index (χ1) is 10.1. The van der Waals surface area contributed by atoms with Gasteiger partial charge in [-0.3, -0.25) is 4.90 Å². The average molecular weight is 290 g/mol. The van der Waals surface area contributed by atoms with Crippen molar-refractivity contribution in [3.63, 3.8) is 0 Å². The minimum absolute atomic E-state index is 0.507. The van der Waals surface area contributed by atoms with Gasteiger partial charge in [-0.25, -0.2) is 0 Å². The molecule has 0 spiro atoms. The van der Waals surface area contributed by atoms with E-state index in [2.05, 4.69) is 54.4 Å². The Labute approximate surface area is 129 Å². The normalized spacial score (nSPS) is 20.6. The Hall–Kier alpha value is -0.900. The van der Waals surface area contributed by atoms with Crippen LogP contribution in [0.3, 0.4) is 0 Å². The molecule has 0 radical (unpaired) electrons. The van der Waals surface area contributed by atoms with Crippen LogP contribution in [0.1, 0.15) is 45.1 Å². The van der Waals surface area contributed by atoms with Crippen LogP contribution in [0.15, 0.2) is 30.3 Å². The van der Waals surface area contributed by atoms with Gasteiger partial charge in [0.2, 0.25) is 0 Å². The number of hydrogen-bond acceptors (Lipinski definition) is 3. The predicted octanol–water partition coefficient (Wildman–Crippen LogP) is 2.79. The first kappa shape index (κ1) is 16.5. The number of benzene rings is 1. The molecule has 1 heterocycles. The quantitative estimate of drug-likeness (QED) is 0.810. The van der Waals surface area contributed by atoms with E-state index in [0.29, 0.717) is 12.6 Å². The molecule has 3 heteroatoms.